The Kier molecular flexibility index (Phi) is 3.59. The van der Waals surface area contributed by atoms with Gasteiger partial charge in [0.15, 0.2) is 0 Å². The van der Waals surface area contributed by atoms with E-state index in [1.165, 1.54) is 5.32 Å². The van der Waals surface area contributed by atoms with Crippen LogP contribution < -0.4 is 5.32 Å². The molecule has 0 atom stereocenters. The lowest BCUT2D eigenvalue weighted by Crippen LogP contribution is -2.47. The van der Waals surface area contributed by atoms with Gasteiger partial charge in [0.2, 0.25) is 0 Å². The maximum absolute atomic E-state index is 13.0. The standard InChI is InChI=1S/C10H7F6NO/c1-5-6(11)3-2-4-7(5)17-8(18)9(12,13)10(14,15)16/h2-4H,1H3,(H,17,18). The second-order valence-corrected chi connectivity index (χ2v) is 3.44. The predicted molar refractivity (Wildman–Crippen MR) is 50.8 cm³/mol. The van der Waals surface area contributed by atoms with Crippen LogP contribution in [0.3, 0.4) is 0 Å². The second-order valence-electron chi connectivity index (χ2n) is 3.44. The lowest BCUT2D eigenvalue weighted by atomic mass is 10.2. The highest BCUT2D eigenvalue weighted by atomic mass is 19.4. The topological polar surface area (TPSA) is 29.1 Å². The van der Waals surface area contributed by atoms with Gasteiger partial charge in [-0.05, 0) is 19.1 Å². The second kappa shape index (κ2) is 4.51. The van der Waals surface area contributed by atoms with Crippen LogP contribution in [0.5, 0.6) is 0 Å². The average Bonchev–Trinajstić information content (AvgIpc) is 2.23. The molecule has 1 aromatic carbocycles. The zero-order chi connectivity index (χ0) is 14.1. The predicted octanol–water partition coefficient (Wildman–Crippen LogP) is 3.27. The van der Waals surface area contributed by atoms with E-state index in [2.05, 4.69) is 0 Å². The number of hydrogen-bond acceptors (Lipinski definition) is 1. The summed E-state index contributed by atoms with van der Waals surface area (Å²) in [5.74, 6) is -8.92. The van der Waals surface area contributed by atoms with E-state index < -0.39 is 29.5 Å². The molecule has 1 aromatic rings. The normalized spacial score (nSPS) is 12.4. The first-order valence-corrected chi connectivity index (χ1v) is 4.58. The molecule has 0 fully saturated rings. The Hall–Kier alpha value is -1.73. The molecule has 0 radical (unpaired) electrons. The quantitative estimate of drug-likeness (QED) is 0.822. The molecule has 0 aliphatic rings. The van der Waals surface area contributed by atoms with Crippen LogP contribution in [0.2, 0.25) is 0 Å². The van der Waals surface area contributed by atoms with Crippen LogP contribution in [-0.2, 0) is 4.79 Å². The molecule has 0 spiro atoms. The largest absolute Gasteiger partial charge is 0.463 e. The molecule has 0 bridgehead atoms. The van der Waals surface area contributed by atoms with Gasteiger partial charge in [0, 0.05) is 11.3 Å². The molecule has 100 valence electrons. The summed E-state index contributed by atoms with van der Waals surface area (Å²) < 4.78 is 73.9. The number of hydrogen-bond donors (Lipinski definition) is 1. The van der Waals surface area contributed by atoms with Crippen molar-refractivity contribution in [2.75, 3.05) is 5.32 Å². The number of rotatable bonds is 2. The van der Waals surface area contributed by atoms with Gasteiger partial charge < -0.3 is 5.32 Å². The highest BCUT2D eigenvalue weighted by Crippen LogP contribution is 2.36. The van der Waals surface area contributed by atoms with E-state index in [0.29, 0.717) is 0 Å². The average molecular weight is 271 g/mol. The summed E-state index contributed by atoms with van der Waals surface area (Å²) in [5, 5.41) is 1.35. The number of benzene rings is 1. The molecular formula is C10H7F6NO. The Morgan fingerprint density at radius 3 is 2.22 bits per heavy atom. The fraction of sp³-hybridized carbons (Fsp3) is 0.300. The number of anilines is 1. The first-order valence-electron chi connectivity index (χ1n) is 4.58. The zero-order valence-corrected chi connectivity index (χ0v) is 8.91. The molecule has 0 aliphatic heterocycles. The maximum Gasteiger partial charge on any atom is 0.463 e. The van der Waals surface area contributed by atoms with E-state index in [1.807, 2.05) is 0 Å². The van der Waals surface area contributed by atoms with Crippen molar-refractivity contribution in [3.63, 3.8) is 0 Å². The summed E-state index contributed by atoms with van der Waals surface area (Å²) in [7, 11) is 0. The van der Waals surface area contributed by atoms with Crippen molar-refractivity contribution in [2.45, 2.75) is 19.0 Å². The van der Waals surface area contributed by atoms with Crippen molar-refractivity contribution in [2.24, 2.45) is 0 Å². The van der Waals surface area contributed by atoms with Crippen LogP contribution in [0.1, 0.15) is 5.56 Å². The summed E-state index contributed by atoms with van der Waals surface area (Å²) in [4.78, 5) is 10.8. The number of halogens is 6. The van der Waals surface area contributed by atoms with Gasteiger partial charge in [-0.1, -0.05) is 6.07 Å². The van der Waals surface area contributed by atoms with Gasteiger partial charge in [0.05, 0.1) is 0 Å². The molecular weight excluding hydrogens is 264 g/mol. The molecule has 1 amide bonds. The van der Waals surface area contributed by atoms with Crippen molar-refractivity contribution in [1.82, 2.24) is 0 Å². The molecule has 0 unspecified atom stereocenters. The Bertz CT molecular complexity index is 468. The molecule has 0 heterocycles. The fourth-order valence-electron chi connectivity index (χ4n) is 1.07. The molecule has 2 nitrogen and oxygen atoms in total. The smallest absolute Gasteiger partial charge is 0.320 e. The van der Waals surface area contributed by atoms with Crippen molar-refractivity contribution in [3.8, 4) is 0 Å². The molecule has 18 heavy (non-hydrogen) atoms. The maximum atomic E-state index is 13.0. The van der Waals surface area contributed by atoms with Gasteiger partial charge in [-0.3, -0.25) is 4.79 Å². The summed E-state index contributed by atoms with van der Waals surface area (Å²) in [6.45, 7) is 1.14. The summed E-state index contributed by atoms with van der Waals surface area (Å²) >= 11 is 0. The van der Waals surface area contributed by atoms with Crippen LogP contribution in [0.4, 0.5) is 32.0 Å². The Morgan fingerprint density at radius 1 is 1.17 bits per heavy atom. The van der Waals surface area contributed by atoms with E-state index in [9.17, 15) is 31.1 Å². The minimum atomic E-state index is -6.00. The fourth-order valence-corrected chi connectivity index (χ4v) is 1.07. The van der Waals surface area contributed by atoms with Crippen LogP contribution in [0.15, 0.2) is 18.2 Å². The van der Waals surface area contributed by atoms with E-state index in [-0.39, 0.29) is 5.56 Å². The van der Waals surface area contributed by atoms with Crippen LogP contribution in [0.25, 0.3) is 0 Å². The summed E-state index contributed by atoms with van der Waals surface area (Å²) in [6, 6.07) is 3.07. The number of amides is 1. The van der Waals surface area contributed by atoms with Gasteiger partial charge in [-0.2, -0.15) is 22.0 Å². The first-order chi connectivity index (χ1) is 8.07. The van der Waals surface area contributed by atoms with Gasteiger partial charge in [0.25, 0.3) is 0 Å². The van der Waals surface area contributed by atoms with Crippen LogP contribution in [-0.4, -0.2) is 18.0 Å². The Balaban J connectivity index is 2.99. The highest BCUT2D eigenvalue weighted by Gasteiger charge is 2.63. The number of carbonyl (C=O) groups excluding carboxylic acids is 1. The van der Waals surface area contributed by atoms with Crippen LogP contribution in [0, 0.1) is 12.7 Å². The van der Waals surface area contributed by atoms with E-state index in [1.54, 1.807) is 0 Å². The third kappa shape index (κ3) is 2.57. The third-order valence-corrected chi connectivity index (χ3v) is 2.16. The van der Waals surface area contributed by atoms with E-state index in [4.69, 9.17) is 0 Å². The van der Waals surface area contributed by atoms with Gasteiger partial charge in [-0.15, -0.1) is 0 Å². The third-order valence-electron chi connectivity index (χ3n) is 2.16. The van der Waals surface area contributed by atoms with E-state index in [0.717, 1.165) is 25.1 Å². The minimum absolute atomic E-state index is 0.233. The van der Waals surface area contributed by atoms with Crippen molar-refractivity contribution in [1.29, 1.82) is 0 Å². The number of carbonyl (C=O) groups is 1. The molecule has 0 aromatic heterocycles. The van der Waals surface area contributed by atoms with Crippen molar-refractivity contribution < 1.29 is 31.1 Å². The Morgan fingerprint density at radius 2 is 1.72 bits per heavy atom. The molecule has 0 saturated carbocycles. The van der Waals surface area contributed by atoms with Crippen molar-refractivity contribution in [3.05, 3.63) is 29.6 Å². The van der Waals surface area contributed by atoms with Gasteiger partial charge in [-0.25, -0.2) is 4.39 Å². The number of nitrogens with one attached hydrogen (secondary N) is 1. The monoisotopic (exact) mass is 271 g/mol. The first kappa shape index (κ1) is 14.3. The summed E-state index contributed by atoms with van der Waals surface area (Å²) in [6.07, 6.45) is -6.00. The number of alkyl halides is 5. The lowest BCUT2D eigenvalue weighted by Gasteiger charge is -2.19. The van der Waals surface area contributed by atoms with Gasteiger partial charge in [0.1, 0.15) is 5.82 Å². The van der Waals surface area contributed by atoms with Crippen LogP contribution >= 0.6 is 0 Å². The highest BCUT2D eigenvalue weighted by molar-refractivity contribution is 5.97. The SMILES string of the molecule is Cc1c(F)cccc1NC(=O)C(F)(F)C(F)(F)F. The molecule has 1 rings (SSSR count). The molecule has 8 heteroatoms. The molecule has 0 aliphatic carbocycles. The zero-order valence-electron chi connectivity index (χ0n) is 8.91. The molecule has 1 N–H and O–H groups in total. The molecule has 0 saturated heterocycles. The summed E-state index contributed by atoms with van der Waals surface area (Å²) in [5.41, 5.74) is -0.673. The van der Waals surface area contributed by atoms with Crippen molar-refractivity contribution >= 4 is 11.6 Å². The lowest BCUT2D eigenvalue weighted by molar-refractivity contribution is -0.267. The van der Waals surface area contributed by atoms with E-state index >= 15 is 0 Å². The Labute approximate surface area is 97.6 Å². The minimum Gasteiger partial charge on any atom is -0.320 e. The van der Waals surface area contributed by atoms with Gasteiger partial charge >= 0.3 is 18.0 Å².